The minimum atomic E-state index is -3.68. The molecule has 5 nitrogen and oxygen atoms in total. The van der Waals surface area contributed by atoms with Gasteiger partial charge in [0.1, 0.15) is 0 Å². The molecule has 0 radical (unpaired) electrons. The van der Waals surface area contributed by atoms with Gasteiger partial charge in [-0.25, -0.2) is 13.6 Å². The Kier molecular flexibility index (Phi) is 5.88. The third-order valence-corrected chi connectivity index (χ3v) is 6.14. The molecular formula is C15H22N2O3S2. The van der Waals surface area contributed by atoms with E-state index in [0.717, 1.165) is 5.56 Å². The van der Waals surface area contributed by atoms with Crippen molar-refractivity contribution < 1.29 is 13.2 Å². The number of hydrogen-bond donors (Lipinski definition) is 2. The summed E-state index contributed by atoms with van der Waals surface area (Å²) < 4.78 is 22.4. The third-order valence-electron chi connectivity index (χ3n) is 3.84. The Morgan fingerprint density at radius 3 is 2.45 bits per heavy atom. The van der Waals surface area contributed by atoms with Crippen molar-refractivity contribution in [2.75, 3.05) is 5.75 Å². The van der Waals surface area contributed by atoms with Gasteiger partial charge >= 0.3 is 0 Å². The number of benzene rings is 1. The average Bonchev–Trinajstić information content (AvgIpc) is 2.97. The van der Waals surface area contributed by atoms with Gasteiger partial charge in [-0.15, -0.1) is 11.8 Å². The number of carbonyl (C=O) groups is 1. The van der Waals surface area contributed by atoms with E-state index in [1.165, 1.54) is 37.8 Å². The topological polar surface area (TPSA) is 89.3 Å². The lowest BCUT2D eigenvalue weighted by Gasteiger charge is -2.15. The number of carbonyl (C=O) groups excluding carboxylic acids is 1. The SMILES string of the molecule is C[C@H](NC(=O)CSC1CCCC1)c1ccc(S(N)(=O)=O)cc1. The summed E-state index contributed by atoms with van der Waals surface area (Å²) in [5.41, 5.74) is 0.853. The molecule has 0 saturated heterocycles. The Morgan fingerprint density at radius 1 is 1.32 bits per heavy atom. The molecule has 1 aromatic carbocycles. The average molecular weight is 342 g/mol. The van der Waals surface area contributed by atoms with Gasteiger partial charge < -0.3 is 5.32 Å². The van der Waals surface area contributed by atoms with Crippen LogP contribution in [-0.2, 0) is 14.8 Å². The summed E-state index contributed by atoms with van der Waals surface area (Å²) in [7, 11) is -3.68. The molecule has 122 valence electrons. The van der Waals surface area contributed by atoms with Crippen LogP contribution in [0.5, 0.6) is 0 Å². The van der Waals surface area contributed by atoms with Crippen molar-refractivity contribution in [1.82, 2.24) is 5.32 Å². The maximum atomic E-state index is 12.0. The molecule has 1 fully saturated rings. The second-order valence-corrected chi connectivity index (χ2v) is 8.47. The molecule has 3 N–H and O–H groups in total. The van der Waals surface area contributed by atoms with E-state index < -0.39 is 10.0 Å². The molecule has 2 rings (SSSR count). The summed E-state index contributed by atoms with van der Waals surface area (Å²) in [5, 5.41) is 8.62. The Balaban J connectivity index is 1.85. The second kappa shape index (κ2) is 7.48. The number of amides is 1. The largest absolute Gasteiger partial charge is 0.349 e. The number of rotatable bonds is 6. The van der Waals surface area contributed by atoms with Crippen LogP contribution in [0, 0.1) is 0 Å². The van der Waals surface area contributed by atoms with Gasteiger partial charge in [0.15, 0.2) is 0 Å². The van der Waals surface area contributed by atoms with Gasteiger partial charge in [-0.3, -0.25) is 4.79 Å². The monoisotopic (exact) mass is 342 g/mol. The minimum Gasteiger partial charge on any atom is -0.349 e. The van der Waals surface area contributed by atoms with Crippen LogP contribution in [0.4, 0.5) is 0 Å². The zero-order valence-corrected chi connectivity index (χ0v) is 14.3. The lowest BCUT2D eigenvalue weighted by Crippen LogP contribution is -2.28. The summed E-state index contributed by atoms with van der Waals surface area (Å²) in [5.74, 6) is 0.490. The first kappa shape index (κ1) is 17.3. The second-order valence-electron chi connectivity index (χ2n) is 5.62. The zero-order valence-electron chi connectivity index (χ0n) is 12.6. The maximum Gasteiger partial charge on any atom is 0.238 e. The van der Waals surface area contributed by atoms with Crippen LogP contribution >= 0.6 is 11.8 Å². The molecule has 0 aromatic heterocycles. The first-order valence-corrected chi connectivity index (χ1v) is 9.99. The summed E-state index contributed by atoms with van der Waals surface area (Å²) in [6.45, 7) is 1.88. The number of thioether (sulfide) groups is 1. The summed E-state index contributed by atoms with van der Waals surface area (Å²) in [6.07, 6.45) is 4.96. The lowest BCUT2D eigenvalue weighted by molar-refractivity contribution is -0.119. The fourth-order valence-corrected chi connectivity index (χ4v) is 4.21. The third kappa shape index (κ3) is 5.00. The molecule has 0 spiro atoms. The van der Waals surface area contributed by atoms with Crippen molar-refractivity contribution in [2.45, 2.75) is 48.8 Å². The number of primary sulfonamides is 1. The highest BCUT2D eigenvalue weighted by Gasteiger charge is 2.17. The van der Waals surface area contributed by atoms with E-state index in [1.54, 1.807) is 23.9 Å². The first-order chi connectivity index (χ1) is 10.4. The van der Waals surface area contributed by atoms with E-state index in [0.29, 0.717) is 11.0 Å². The van der Waals surface area contributed by atoms with Crippen molar-refractivity contribution in [3.63, 3.8) is 0 Å². The molecule has 0 bridgehead atoms. The van der Waals surface area contributed by atoms with Crippen LogP contribution in [0.25, 0.3) is 0 Å². The lowest BCUT2D eigenvalue weighted by atomic mass is 10.1. The molecule has 1 amide bonds. The summed E-state index contributed by atoms with van der Waals surface area (Å²) in [6, 6.07) is 6.11. The predicted octanol–water partition coefficient (Wildman–Crippen LogP) is 2.19. The summed E-state index contributed by atoms with van der Waals surface area (Å²) in [4.78, 5) is 12.0. The Hall–Kier alpha value is -1.05. The molecular weight excluding hydrogens is 320 g/mol. The molecule has 1 aliphatic rings. The van der Waals surface area contributed by atoms with Crippen molar-refractivity contribution in [3.05, 3.63) is 29.8 Å². The van der Waals surface area contributed by atoms with E-state index in [1.807, 2.05) is 6.92 Å². The van der Waals surface area contributed by atoms with E-state index in [9.17, 15) is 13.2 Å². The van der Waals surface area contributed by atoms with E-state index in [2.05, 4.69) is 5.32 Å². The molecule has 22 heavy (non-hydrogen) atoms. The molecule has 0 heterocycles. The normalized spacial score (nSPS) is 17.4. The number of nitrogens with one attached hydrogen (secondary N) is 1. The van der Waals surface area contributed by atoms with Crippen molar-refractivity contribution >= 4 is 27.7 Å². The standard InChI is InChI=1S/C15H22N2O3S2/c1-11(12-6-8-14(9-7-12)22(16,19)20)17-15(18)10-21-13-4-2-3-5-13/h6-9,11,13H,2-5,10H2,1H3,(H,17,18)(H2,16,19,20)/t11-/m0/s1. The van der Waals surface area contributed by atoms with Crippen molar-refractivity contribution in [3.8, 4) is 0 Å². The number of nitrogens with two attached hydrogens (primary N) is 1. The molecule has 0 unspecified atom stereocenters. The smallest absolute Gasteiger partial charge is 0.238 e. The van der Waals surface area contributed by atoms with Crippen LogP contribution in [0.1, 0.15) is 44.2 Å². The molecule has 1 aliphatic carbocycles. The molecule has 1 saturated carbocycles. The Morgan fingerprint density at radius 2 is 1.91 bits per heavy atom. The van der Waals surface area contributed by atoms with Gasteiger partial charge in [0.25, 0.3) is 0 Å². The highest BCUT2D eigenvalue weighted by Crippen LogP contribution is 2.29. The van der Waals surface area contributed by atoms with Crippen molar-refractivity contribution in [2.24, 2.45) is 5.14 Å². The van der Waals surface area contributed by atoms with Gasteiger partial charge in [-0.1, -0.05) is 25.0 Å². The molecule has 7 heteroatoms. The van der Waals surface area contributed by atoms with E-state index in [-0.39, 0.29) is 16.8 Å². The van der Waals surface area contributed by atoms with Crippen LogP contribution in [0.3, 0.4) is 0 Å². The molecule has 0 aliphatic heterocycles. The molecule has 1 aromatic rings. The Bertz CT molecular complexity index is 608. The van der Waals surface area contributed by atoms with Crippen LogP contribution < -0.4 is 10.5 Å². The fraction of sp³-hybridized carbons (Fsp3) is 0.533. The van der Waals surface area contributed by atoms with Crippen LogP contribution in [0.15, 0.2) is 29.2 Å². The van der Waals surface area contributed by atoms with Gasteiger partial charge in [-0.2, -0.15) is 0 Å². The first-order valence-electron chi connectivity index (χ1n) is 7.40. The minimum absolute atomic E-state index is 0.0138. The van der Waals surface area contributed by atoms with Gasteiger partial charge in [0.05, 0.1) is 16.7 Å². The van der Waals surface area contributed by atoms with Gasteiger partial charge in [-0.05, 0) is 37.5 Å². The highest BCUT2D eigenvalue weighted by atomic mass is 32.2. The Labute approximate surface area is 136 Å². The maximum absolute atomic E-state index is 12.0. The van der Waals surface area contributed by atoms with Gasteiger partial charge in [0, 0.05) is 5.25 Å². The van der Waals surface area contributed by atoms with E-state index >= 15 is 0 Å². The van der Waals surface area contributed by atoms with Crippen molar-refractivity contribution in [1.29, 1.82) is 0 Å². The fourth-order valence-electron chi connectivity index (χ4n) is 2.56. The van der Waals surface area contributed by atoms with Crippen LogP contribution in [-0.4, -0.2) is 25.3 Å². The van der Waals surface area contributed by atoms with E-state index in [4.69, 9.17) is 5.14 Å². The van der Waals surface area contributed by atoms with Gasteiger partial charge in [0.2, 0.25) is 15.9 Å². The highest BCUT2D eigenvalue weighted by molar-refractivity contribution is 8.00. The molecule has 1 atom stereocenters. The number of sulfonamides is 1. The predicted molar refractivity (Wildman–Crippen MR) is 89.1 cm³/mol. The zero-order chi connectivity index (χ0) is 16.2. The summed E-state index contributed by atoms with van der Waals surface area (Å²) >= 11 is 1.73. The quantitative estimate of drug-likeness (QED) is 0.829. The van der Waals surface area contributed by atoms with Crippen LogP contribution in [0.2, 0.25) is 0 Å². The number of hydrogen-bond acceptors (Lipinski definition) is 4.